The molecular weight excluding hydrogens is 114 g/mol. The lowest BCUT2D eigenvalue weighted by molar-refractivity contribution is 0.628. The fourth-order valence-corrected chi connectivity index (χ4v) is 0.527. The molecule has 3 nitrogen and oxygen atoms in total. The highest BCUT2D eigenvalue weighted by molar-refractivity contribution is 4.82. The highest BCUT2D eigenvalue weighted by atomic mass is 15.3. The number of rotatable bonds is 2. The Morgan fingerprint density at radius 1 is 1.67 bits per heavy atom. The Hall–Kier alpha value is -1.30. The van der Waals surface area contributed by atoms with Crippen molar-refractivity contribution in [3.05, 3.63) is 12.7 Å². The Balaban J connectivity index is 2.41. The van der Waals surface area contributed by atoms with E-state index in [1.54, 1.807) is 11.0 Å². The van der Waals surface area contributed by atoms with Crippen LogP contribution in [0.1, 0.15) is 6.42 Å². The van der Waals surface area contributed by atoms with Crippen LogP contribution in [0.25, 0.3) is 0 Å². The first-order valence-electron chi connectivity index (χ1n) is 2.69. The van der Waals surface area contributed by atoms with Crippen LogP contribution in [0.15, 0.2) is 12.7 Å². The van der Waals surface area contributed by atoms with Crippen molar-refractivity contribution < 1.29 is 0 Å². The maximum absolute atomic E-state index is 5.03. The SMILES string of the molecule is C#CCCn1cncn1. The molecule has 0 aromatic carbocycles. The fourth-order valence-electron chi connectivity index (χ4n) is 0.527. The zero-order valence-corrected chi connectivity index (χ0v) is 4.99. The zero-order chi connectivity index (χ0) is 6.53. The smallest absolute Gasteiger partial charge is 0.137 e. The summed E-state index contributed by atoms with van der Waals surface area (Å²) in [5.41, 5.74) is 0. The molecule has 1 aromatic heterocycles. The number of hydrogen-bond donors (Lipinski definition) is 0. The van der Waals surface area contributed by atoms with Gasteiger partial charge in [-0.25, -0.2) is 4.98 Å². The summed E-state index contributed by atoms with van der Waals surface area (Å²) in [4.78, 5) is 3.76. The molecule has 0 spiro atoms. The van der Waals surface area contributed by atoms with Gasteiger partial charge in [0.2, 0.25) is 0 Å². The van der Waals surface area contributed by atoms with Crippen LogP contribution in [-0.2, 0) is 6.54 Å². The Labute approximate surface area is 53.7 Å². The van der Waals surface area contributed by atoms with E-state index < -0.39 is 0 Å². The molecule has 0 saturated carbocycles. The van der Waals surface area contributed by atoms with Crippen LogP contribution in [-0.4, -0.2) is 14.8 Å². The Morgan fingerprint density at radius 2 is 2.56 bits per heavy atom. The molecule has 0 bridgehead atoms. The molecule has 9 heavy (non-hydrogen) atoms. The second kappa shape index (κ2) is 2.88. The van der Waals surface area contributed by atoms with E-state index in [0.29, 0.717) is 6.42 Å². The van der Waals surface area contributed by atoms with Crippen molar-refractivity contribution in [1.29, 1.82) is 0 Å². The summed E-state index contributed by atoms with van der Waals surface area (Å²) in [5.74, 6) is 2.52. The highest BCUT2D eigenvalue weighted by Gasteiger charge is 1.85. The maximum atomic E-state index is 5.03. The van der Waals surface area contributed by atoms with Crippen molar-refractivity contribution in [2.75, 3.05) is 0 Å². The molecule has 0 amide bonds. The average molecular weight is 121 g/mol. The monoisotopic (exact) mass is 121 g/mol. The second-order valence-corrected chi connectivity index (χ2v) is 1.61. The lowest BCUT2D eigenvalue weighted by Gasteiger charge is -1.91. The summed E-state index contributed by atoms with van der Waals surface area (Å²) in [6, 6.07) is 0. The van der Waals surface area contributed by atoms with Crippen LogP contribution < -0.4 is 0 Å². The van der Waals surface area contributed by atoms with Crippen molar-refractivity contribution >= 4 is 0 Å². The first-order chi connectivity index (χ1) is 4.43. The molecule has 0 aliphatic rings. The van der Waals surface area contributed by atoms with Gasteiger partial charge < -0.3 is 0 Å². The molecular formula is C6H7N3. The normalized spacial score (nSPS) is 8.78. The van der Waals surface area contributed by atoms with Crippen molar-refractivity contribution in [3.8, 4) is 12.3 Å². The van der Waals surface area contributed by atoms with Crippen molar-refractivity contribution in [2.45, 2.75) is 13.0 Å². The third-order valence-corrected chi connectivity index (χ3v) is 0.952. The van der Waals surface area contributed by atoms with Crippen molar-refractivity contribution in [1.82, 2.24) is 14.8 Å². The van der Waals surface area contributed by atoms with Gasteiger partial charge in [-0.1, -0.05) is 0 Å². The summed E-state index contributed by atoms with van der Waals surface area (Å²) in [6.45, 7) is 0.760. The molecule has 1 aromatic rings. The highest BCUT2D eigenvalue weighted by Crippen LogP contribution is 1.82. The van der Waals surface area contributed by atoms with Gasteiger partial charge in [-0.05, 0) is 0 Å². The minimum Gasteiger partial charge on any atom is -0.252 e. The minimum atomic E-state index is 0.712. The van der Waals surface area contributed by atoms with Gasteiger partial charge in [0.1, 0.15) is 12.7 Å². The van der Waals surface area contributed by atoms with Crippen LogP contribution in [0, 0.1) is 12.3 Å². The molecule has 0 N–H and O–H groups in total. The van der Waals surface area contributed by atoms with E-state index in [-0.39, 0.29) is 0 Å². The molecule has 0 aliphatic carbocycles. The fraction of sp³-hybridized carbons (Fsp3) is 0.333. The number of hydrogen-bond acceptors (Lipinski definition) is 2. The molecule has 1 rings (SSSR count). The van der Waals surface area contributed by atoms with Gasteiger partial charge in [-0.3, -0.25) is 4.68 Å². The Kier molecular flexibility index (Phi) is 1.86. The van der Waals surface area contributed by atoms with Gasteiger partial charge in [0, 0.05) is 6.42 Å². The summed E-state index contributed by atoms with van der Waals surface area (Å²) >= 11 is 0. The first-order valence-corrected chi connectivity index (χ1v) is 2.69. The molecule has 1 heterocycles. The van der Waals surface area contributed by atoms with Gasteiger partial charge in [0.15, 0.2) is 0 Å². The zero-order valence-electron chi connectivity index (χ0n) is 4.99. The van der Waals surface area contributed by atoms with Crippen molar-refractivity contribution in [2.24, 2.45) is 0 Å². The third kappa shape index (κ3) is 1.57. The standard InChI is InChI=1S/C6H7N3/c1-2-3-4-9-6-7-5-8-9/h1,5-6H,3-4H2. The summed E-state index contributed by atoms with van der Waals surface area (Å²) in [6.07, 6.45) is 8.89. The number of terminal acetylenes is 1. The average Bonchev–Trinajstić information content (AvgIpc) is 2.34. The molecule has 0 unspecified atom stereocenters. The van der Waals surface area contributed by atoms with E-state index in [1.165, 1.54) is 6.33 Å². The summed E-state index contributed by atoms with van der Waals surface area (Å²) in [5, 5.41) is 3.86. The number of aromatic nitrogens is 3. The molecule has 0 saturated heterocycles. The predicted molar refractivity (Wildman–Crippen MR) is 33.5 cm³/mol. The lowest BCUT2D eigenvalue weighted by atomic mass is 10.4. The summed E-state index contributed by atoms with van der Waals surface area (Å²) in [7, 11) is 0. The van der Waals surface area contributed by atoms with Crippen molar-refractivity contribution in [3.63, 3.8) is 0 Å². The van der Waals surface area contributed by atoms with E-state index in [4.69, 9.17) is 6.42 Å². The second-order valence-electron chi connectivity index (χ2n) is 1.61. The van der Waals surface area contributed by atoms with Crippen LogP contribution in [0.4, 0.5) is 0 Å². The molecule has 0 aliphatic heterocycles. The Bertz CT molecular complexity index is 195. The van der Waals surface area contributed by atoms with Gasteiger partial charge >= 0.3 is 0 Å². The van der Waals surface area contributed by atoms with Crippen LogP contribution in [0.5, 0.6) is 0 Å². The van der Waals surface area contributed by atoms with Crippen LogP contribution in [0.2, 0.25) is 0 Å². The molecule has 46 valence electrons. The number of nitrogens with zero attached hydrogens (tertiary/aromatic N) is 3. The number of aryl methyl sites for hydroxylation is 1. The maximum Gasteiger partial charge on any atom is 0.137 e. The van der Waals surface area contributed by atoms with Crippen LogP contribution >= 0.6 is 0 Å². The van der Waals surface area contributed by atoms with E-state index in [1.807, 2.05) is 0 Å². The molecule has 0 fully saturated rings. The molecule has 0 atom stereocenters. The topological polar surface area (TPSA) is 30.7 Å². The van der Waals surface area contributed by atoms with E-state index >= 15 is 0 Å². The Morgan fingerprint density at radius 3 is 3.11 bits per heavy atom. The lowest BCUT2D eigenvalue weighted by Crippen LogP contribution is -1.96. The van der Waals surface area contributed by atoms with E-state index in [0.717, 1.165) is 6.54 Å². The third-order valence-electron chi connectivity index (χ3n) is 0.952. The predicted octanol–water partition coefficient (Wildman–Crippen LogP) is 0.301. The first kappa shape index (κ1) is 5.83. The quantitative estimate of drug-likeness (QED) is 0.527. The summed E-state index contributed by atoms with van der Waals surface area (Å²) < 4.78 is 1.71. The van der Waals surface area contributed by atoms with Crippen LogP contribution in [0.3, 0.4) is 0 Å². The largest absolute Gasteiger partial charge is 0.252 e. The van der Waals surface area contributed by atoms with E-state index in [2.05, 4.69) is 16.0 Å². The minimum absolute atomic E-state index is 0.712. The molecule has 0 radical (unpaired) electrons. The van der Waals surface area contributed by atoms with Gasteiger partial charge in [0.05, 0.1) is 6.54 Å². The van der Waals surface area contributed by atoms with E-state index in [9.17, 15) is 0 Å². The van der Waals surface area contributed by atoms with Gasteiger partial charge in [-0.2, -0.15) is 5.10 Å². The van der Waals surface area contributed by atoms with Gasteiger partial charge in [0.25, 0.3) is 0 Å². The molecule has 3 heteroatoms. The van der Waals surface area contributed by atoms with Gasteiger partial charge in [-0.15, -0.1) is 12.3 Å².